The summed E-state index contributed by atoms with van der Waals surface area (Å²) >= 11 is 0. The van der Waals surface area contributed by atoms with Crippen molar-refractivity contribution < 1.29 is 9.47 Å². The Hall–Kier alpha value is -2.06. The summed E-state index contributed by atoms with van der Waals surface area (Å²) in [5, 5.41) is 4.93. The second kappa shape index (κ2) is 4.99. The van der Waals surface area contributed by atoms with Gasteiger partial charge in [-0.05, 0) is 23.3 Å². The third-order valence-electron chi connectivity index (χ3n) is 4.62. The van der Waals surface area contributed by atoms with Gasteiger partial charge in [0.1, 0.15) is 5.75 Å². The van der Waals surface area contributed by atoms with Crippen LogP contribution < -0.4 is 4.74 Å². The van der Waals surface area contributed by atoms with Gasteiger partial charge in [0.2, 0.25) is 0 Å². The zero-order valence-electron chi connectivity index (χ0n) is 13.1. The van der Waals surface area contributed by atoms with Crippen LogP contribution in [0.5, 0.6) is 5.75 Å². The van der Waals surface area contributed by atoms with E-state index in [0.717, 1.165) is 19.0 Å². The van der Waals surface area contributed by atoms with Gasteiger partial charge in [-0.1, -0.05) is 55.5 Å². The van der Waals surface area contributed by atoms with Gasteiger partial charge in [-0.2, -0.15) is 0 Å². The van der Waals surface area contributed by atoms with Crippen LogP contribution in [0.15, 0.2) is 48.5 Å². The molecule has 0 aliphatic carbocycles. The summed E-state index contributed by atoms with van der Waals surface area (Å²) in [5.74, 6) is 1.00. The molecule has 1 aliphatic heterocycles. The summed E-state index contributed by atoms with van der Waals surface area (Å²) in [4.78, 5) is 0. The Kier molecular flexibility index (Phi) is 3.08. The molecule has 0 amide bonds. The average Bonchev–Trinajstić information content (AvgIpc) is 2.53. The van der Waals surface area contributed by atoms with Crippen LogP contribution >= 0.6 is 0 Å². The molecule has 4 rings (SSSR count). The van der Waals surface area contributed by atoms with Crippen molar-refractivity contribution in [2.75, 3.05) is 19.8 Å². The average molecular weight is 292 g/mol. The Balaban J connectivity index is 1.91. The van der Waals surface area contributed by atoms with Crippen molar-refractivity contribution >= 4 is 21.5 Å². The van der Waals surface area contributed by atoms with Gasteiger partial charge in [-0.25, -0.2) is 0 Å². The number of ether oxygens (including phenoxy) is 2. The number of hydrogen-bond acceptors (Lipinski definition) is 2. The number of rotatable bonds is 3. The standard InChI is InChI=1S/C20H20O2/c1-14-15-7-3-5-9-17(15)19(18-10-6-4-8-16(14)18)22-13-20(2)11-21-12-20/h3-10H,11-13H2,1-2H3. The van der Waals surface area contributed by atoms with Gasteiger partial charge in [0, 0.05) is 16.2 Å². The molecule has 0 N–H and O–H groups in total. The lowest BCUT2D eigenvalue weighted by atomic mass is 9.90. The van der Waals surface area contributed by atoms with Gasteiger partial charge in [0.15, 0.2) is 0 Å². The lowest BCUT2D eigenvalue weighted by molar-refractivity contribution is -0.120. The second-order valence-corrected chi connectivity index (χ2v) is 6.64. The maximum Gasteiger partial charge on any atom is 0.134 e. The van der Waals surface area contributed by atoms with Crippen molar-refractivity contribution in [2.45, 2.75) is 13.8 Å². The van der Waals surface area contributed by atoms with E-state index >= 15 is 0 Å². The van der Waals surface area contributed by atoms with Gasteiger partial charge in [0.25, 0.3) is 0 Å². The maximum atomic E-state index is 6.31. The molecule has 112 valence electrons. The maximum absolute atomic E-state index is 6.31. The topological polar surface area (TPSA) is 18.5 Å². The van der Waals surface area contributed by atoms with Crippen LogP contribution in [0.4, 0.5) is 0 Å². The molecule has 0 bridgehead atoms. The molecular weight excluding hydrogens is 272 g/mol. The Morgan fingerprint density at radius 3 is 1.86 bits per heavy atom. The van der Waals surface area contributed by atoms with Gasteiger partial charge < -0.3 is 9.47 Å². The fourth-order valence-corrected chi connectivity index (χ4v) is 3.24. The van der Waals surface area contributed by atoms with Crippen LogP contribution in [0.3, 0.4) is 0 Å². The molecule has 3 aromatic rings. The molecule has 0 saturated carbocycles. The third-order valence-corrected chi connectivity index (χ3v) is 4.62. The van der Waals surface area contributed by atoms with Crippen LogP contribution in [0, 0.1) is 12.3 Å². The molecule has 2 heteroatoms. The van der Waals surface area contributed by atoms with Crippen molar-refractivity contribution in [3.63, 3.8) is 0 Å². The molecule has 22 heavy (non-hydrogen) atoms. The van der Waals surface area contributed by atoms with E-state index in [1.54, 1.807) is 0 Å². The minimum atomic E-state index is 0.146. The molecule has 3 aromatic carbocycles. The first-order valence-electron chi connectivity index (χ1n) is 7.79. The van der Waals surface area contributed by atoms with Gasteiger partial charge in [-0.15, -0.1) is 0 Å². The summed E-state index contributed by atoms with van der Waals surface area (Å²) < 4.78 is 11.7. The fourth-order valence-electron chi connectivity index (χ4n) is 3.24. The lowest BCUT2D eigenvalue weighted by Gasteiger charge is -2.37. The predicted molar refractivity (Wildman–Crippen MR) is 90.6 cm³/mol. The predicted octanol–water partition coefficient (Wildman–Crippen LogP) is 4.72. The molecular formula is C20H20O2. The van der Waals surface area contributed by atoms with Crippen molar-refractivity contribution in [2.24, 2.45) is 5.41 Å². The highest BCUT2D eigenvalue weighted by molar-refractivity contribution is 6.08. The Morgan fingerprint density at radius 1 is 0.909 bits per heavy atom. The highest BCUT2D eigenvalue weighted by atomic mass is 16.5. The van der Waals surface area contributed by atoms with E-state index in [0.29, 0.717) is 6.61 Å². The van der Waals surface area contributed by atoms with Crippen molar-refractivity contribution in [1.29, 1.82) is 0 Å². The van der Waals surface area contributed by atoms with Crippen molar-refractivity contribution in [3.05, 3.63) is 54.1 Å². The zero-order chi connectivity index (χ0) is 15.2. The second-order valence-electron chi connectivity index (χ2n) is 6.64. The molecule has 0 radical (unpaired) electrons. The summed E-state index contributed by atoms with van der Waals surface area (Å²) in [6.45, 7) is 6.68. The van der Waals surface area contributed by atoms with Crippen LogP contribution in [-0.2, 0) is 4.74 Å². The summed E-state index contributed by atoms with van der Waals surface area (Å²) in [7, 11) is 0. The van der Waals surface area contributed by atoms with Crippen LogP contribution in [0.2, 0.25) is 0 Å². The summed E-state index contributed by atoms with van der Waals surface area (Å²) in [5.41, 5.74) is 1.46. The Morgan fingerprint density at radius 2 is 1.41 bits per heavy atom. The molecule has 2 nitrogen and oxygen atoms in total. The summed E-state index contributed by atoms with van der Waals surface area (Å²) in [6, 6.07) is 17.0. The lowest BCUT2D eigenvalue weighted by Crippen LogP contribution is -2.44. The number of fused-ring (bicyclic) bond motifs is 2. The Labute approximate surface area is 130 Å². The van der Waals surface area contributed by atoms with Crippen LogP contribution in [-0.4, -0.2) is 19.8 Å². The van der Waals surface area contributed by atoms with E-state index in [1.165, 1.54) is 27.1 Å². The minimum absolute atomic E-state index is 0.146. The van der Waals surface area contributed by atoms with Crippen LogP contribution in [0.1, 0.15) is 12.5 Å². The fraction of sp³-hybridized carbons (Fsp3) is 0.300. The Bertz CT molecular complexity index is 790. The highest BCUT2D eigenvalue weighted by Gasteiger charge is 2.34. The summed E-state index contributed by atoms with van der Waals surface area (Å²) in [6.07, 6.45) is 0. The molecule has 0 atom stereocenters. The molecule has 1 aliphatic rings. The molecule has 0 unspecified atom stereocenters. The largest absolute Gasteiger partial charge is 0.492 e. The van der Waals surface area contributed by atoms with Crippen molar-refractivity contribution in [1.82, 2.24) is 0 Å². The monoisotopic (exact) mass is 292 g/mol. The smallest absolute Gasteiger partial charge is 0.134 e. The van der Waals surface area contributed by atoms with Crippen molar-refractivity contribution in [3.8, 4) is 5.75 Å². The SMILES string of the molecule is Cc1c2ccccc2c(OCC2(C)COC2)c2ccccc12. The number of aryl methyl sites for hydroxylation is 1. The molecule has 0 aromatic heterocycles. The van der Waals surface area contributed by atoms with E-state index in [4.69, 9.17) is 9.47 Å². The molecule has 1 fully saturated rings. The molecule has 1 heterocycles. The van der Waals surface area contributed by atoms with E-state index in [-0.39, 0.29) is 5.41 Å². The quantitative estimate of drug-likeness (QED) is 0.650. The normalized spacial score (nSPS) is 16.6. The number of hydrogen-bond donors (Lipinski definition) is 0. The first-order chi connectivity index (χ1) is 10.7. The third kappa shape index (κ3) is 2.06. The first-order valence-corrected chi connectivity index (χ1v) is 7.79. The van der Waals surface area contributed by atoms with Crippen LogP contribution in [0.25, 0.3) is 21.5 Å². The van der Waals surface area contributed by atoms with Gasteiger partial charge in [-0.3, -0.25) is 0 Å². The first kappa shape index (κ1) is 13.6. The zero-order valence-corrected chi connectivity index (χ0v) is 13.1. The molecule has 1 saturated heterocycles. The molecule has 0 spiro atoms. The van der Waals surface area contributed by atoms with E-state index < -0.39 is 0 Å². The van der Waals surface area contributed by atoms with Gasteiger partial charge >= 0.3 is 0 Å². The van der Waals surface area contributed by atoms with E-state index in [9.17, 15) is 0 Å². The highest BCUT2D eigenvalue weighted by Crippen LogP contribution is 2.39. The minimum Gasteiger partial charge on any atom is -0.492 e. The van der Waals surface area contributed by atoms with E-state index in [2.05, 4.69) is 62.4 Å². The van der Waals surface area contributed by atoms with Gasteiger partial charge in [0.05, 0.1) is 19.8 Å². The number of benzene rings is 3. The van der Waals surface area contributed by atoms with E-state index in [1.807, 2.05) is 0 Å².